The molecule has 1 saturated heterocycles. The number of hydroxylamine groups is 2. The minimum atomic E-state index is -3.85. The molecular weight excluding hydrogens is 516 g/mol. The molecule has 0 bridgehead atoms. The Morgan fingerprint density at radius 3 is 2.27 bits per heavy atom. The Hall–Kier alpha value is -3.12. The van der Waals surface area contributed by atoms with Crippen molar-refractivity contribution in [2.24, 2.45) is 0 Å². The zero-order valence-electron chi connectivity index (χ0n) is 20.3. The maximum absolute atomic E-state index is 12.8. The molecule has 3 aromatic rings. The number of hydrogen-bond donors (Lipinski definition) is 1. The highest BCUT2D eigenvalue weighted by Crippen LogP contribution is 2.23. The maximum Gasteiger partial charge on any atom is 0.262 e. The third-order valence-corrected chi connectivity index (χ3v) is 8.13. The molecule has 1 fully saturated rings. The highest BCUT2D eigenvalue weighted by atomic mass is 35.5. The van der Waals surface area contributed by atoms with Gasteiger partial charge in [0.2, 0.25) is 10.0 Å². The van der Waals surface area contributed by atoms with Gasteiger partial charge in [-0.3, -0.25) is 10.0 Å². The fourth-order valence-corrected chi connectivity index (χ4v) is 5.52. The summed E-state index contributed by atoms with van der Waals surface area (Å²) >= 11 is 5.95. The molecule has 1 amide bonds. The molecule has 10 nitrogen and oxygen atoms in total. The van der Waals surface area contributed by atoms with E-state index < -0.39 is 21.7 Å². The Labute approximate surface area is 221 Å². The second-order valence-electron chi connectivity index (χ2n) is 8.69. The molecule has 12 heteroatoms. The van der Waals surface area contributed by atoms with E-state index in [0.717, 1.165) is 16.9 Å². The van der Waals surface area contributed by atoms with Crippen molar-refractivity contribution in [2.45, 2.75) is 19.3 Å². The molecule has 1 aliphatic heterocycles. The number of hydrogen-bond acceptors (Lipinski definition) is 8. The van der Waals surface area contributed by atoms with Gasteiger partial charge in [0.1, 0.15) is 17.4 Å². The van der Waals surface area contributed by atoms with Crippen LogP contribution in [0.25, 0.3) is 11.1 Å². The standard InChI is InChI=1S/C25H29ClN6O4S/c26-22-8-5-20(6-9-22)21-7-10-24(29-18-21)30-14-16-31(17-15-30)37(35,36)19-25(33)32(34)13-2-1-4-23-27-11-3-12-28-23/h3,5-12,18,34H,1-2,4,13-17,19H2. The van der Waals surface area contributed by atoms with Crippen molar-refractivity contribution in [3.05, 3.63) is 71.9 Å². The highest BCUT2D eigenvalue weighted by Gasteiger charge is 2.30. The Bertz CT molecular complexity index is 1270. The van der Waals surface area contributed by atoms with Gasteiger partial charge in [0.25, 0.3) is 5.91 Å². The number of rotatable bonds is 10. The molecule has 1 N–H and O–H groups in total. The summed E-state index contributed by atoms with van der Waals surface area (Å²) in [6, 6.07) is 13.1. The van der Waals surface area contributed by atoms with Crippen molar-refractivity contribution in [2.75, 3.05) is 43.4 Å². The second-order valence-corrected chi connectivity index (χ2v) is 11.1. The quantitative estimate of drug-likeness (QED) is 0.235. The van der Waals surface area contributed by atoms with Gasteiger partial charge in [-0.2, -0.15) is 4.31 Å². The first-order valence-electron chi connectivity index (χ1n) is 12.0. The topological polar surface area (TPSA) is 120 Å². The summed E-state index contributed by atoms with van der Waals surface area (Å²) in [5.74, 6) is -0.154. The van der Waals surface area contributed by atoms with Crippen LogP contribution in [0.15, 0.2) is 61.1 Å². The molecule has 37 heavy (non-hydrogen) atoms. The average molecular weight is 545 g/mol. The summed E-state index contributed by atoms with van der Waals surface area (Å²) in [6.07, 6.45) is 6.88. The van der Waals surface area contributed by atoms with Gasteiger partial charge in [-0.05, 0) is 48.7 Å². The smallest absolute Gasteiger partial charge is 0.262 e. The van der Waals surface area contributed by atoms with Gasteiger partial charge in [-0.1, -0.05) is 23.7 Å². The van der Waals surface area contributed by atoms with Crippen LogP contribution in [0.2, 0.25) is 5.02 Å². The van der Waals surface area contributed by atoms with E-state index in [2.05, 4.69) is 15.0 Å². The fraction of sp³-hybridized carbons (Fsp3) is 0.360. The van der Waals surface area contributed by atoms with Gasteiger partial charge >= 0.3 is 0 Å². The largest absolute Gasteiger partial charge is 0.354 e. The van der Waals surface area contributed by atoms with Gasteiger partial charge < -0.3 is 4.90 Å². The third-order valence-electron chi connectivity index (χ3n) is 6.11. The number of carbonyl (C=O) groups excluding carboxylic acids is 1. The summed E-state index contributed by atoms with van der Waals surface area (Å²) in [5, 5.41) is 11.2. The number of aromatic nitrogens is 3. The molecule has 196 valence electrons. The number of amides is 1. The lowest BCUT2D eigenvalue weighted by Crippen LogP contribution is -2.51. The zero-order valence-corrected chi connectivity index (χ0v) is 21.9. The van der Waals surface area contributed by atoms with E-state index in [1.165, 1.54) is 4.31 Å². The molecule has 0 spiro atoms. The van der Waals surface area contributed by atoms with Crippen LogP contribution in [0.5, 0.6) is 0 Å². The van der Waals surface area contributed by atoms with E-state index in [4.69, 9.17) is 11.6 Å². The van der Waals surface area contributed by atoms with Crippen LogP contribution in [0.4, 0.5) is 5.82 Å². The van der Waals surface area contributed by atoms with Gasteiger partial charge in [-0.15, -0.1) is 0 Å². The SMILES string of the molecule is O=C(CS(=O)(=O)N1CCN(c2ccc(-c3ccc(Cl)cc3)cn2)CC1)N(O)CCCCc1ncccn1. The molecule has 3 heterocycles. The molecule has 0 unspecified atom stereocenters. The minimum absolute atomic E-state index is 0.0483. The van der Waals surface area contributed by atoms with Crippen LogP contribution in [-0.2, 0) is 21.2 Å². The first kappa shape index (κ1) is 26.9. The predicted molar refractivity (Wildman–Crippen MR) is 141 cm³/mol. The van der Waals surface area contributed by atoms with E-state index in [-0.39, 0.29) is 19.6 Å². The van der Waals surface area contributed by atoms with Crippen LogP contribution in [0.1, 0.15) is 18.7 Å². The Morgan fingerprint density at radius 2 is 1.62 bits per heavy atom. The van der Waals surface area contributed by atoms with E-state index in [1.54, 1.807) is 24.7 Å². The summed E-state index contributed by atoms with van der Waals surface area (Å²) in [7, 11) is -3.85. The van der Waals surface area contributed by atoms with Gasteiger partial charge in [-0.25, -0.2) is 28.4 Å². The van der Waals surface area contributed by atoms with E-state index in [9.17, 15) is 18.4 Å². The number of sulfonamides is 1. The fourth-order valence-electron chi connectivity index (χ4n) is 4.03. The molecule has 4 rings (SSSR count). The Morgan fingerprint density at radius 1 is 0.946 bits per heavy atom. The number of carbonyl (C=O) groups is 1. The van der Waals surface area contributed by atoms with E-state index in [0.29, 0.717) is 48.3 Å². The first-order chi connectivity index (χ1) is 17.8. The number of nitrogens with zero attached hydrogens (tertiary/aromatic N) is 6. The number of halogens is 1. The number of pyridine rings is 1. The molecule has 0 aliphatic carbocycles. The molecule has 0 radical (unpaired) electrons. The Kier molecular flexibility index (Phi) is 9.04. The monoisotopic (exact) mass is 544 g/mol. The van der Waals surface area contributed by atoms with Gasteiger partial charge in [0.05, 0.1) is 0 Å². The van der Waals surface area contributed by atoms with Crippen molar-refractivity contribution in [3.8, 4) is 11.1 Å². The summed E-state index contributed by atoms with van der Waals surface area (Å²) in [5.41, 5.74) is 1.97. The van der Waals surface area contributed by atoms with Crippen molar-refractivity contribution in [3.63, 3.8) is 0 Å². The lowest BCUT2D eigenvalue weighted by molar-refractivity contribution is -0.162. The van der Waals surface area contributed by atoms with Gasteiger partial charge in [0, 0.05) is 68.3 Å². The number of benzene rings is 1. The molecule has 1 aromatic carbocycles. The summed E-state index contributed by atoms with van der Waals surface area (Å²) in [4.78, 5) is 27.1. The van der Waals surface area contributed by atoms with Crippen molar-refractivity contribution < 1.29 is 18.4 Å². The zero-order chi connectivity index (χ0) is 26.3. The van der Waals surface area contributed by atoms with Crippen molar-refractivity contribution in [1.82, 2.24) is 24.3 Å². The molecular formula is C25H29ClN6O4S. The average Bonchev–Trinajstić information content (AvgIpc) is 2.92. The third kappa shape index (κ3) is 7.45. The number of unbranched alkanes of at least 4 members (excludes halogenated alkanes) is 1. The van der Waals surface area contributed by atoms with Crippen LogP contribution in [0, 0.1) is 0 Å². The summed E-state index contributed by atoms with van der Waals surface area (Å²) < 4.78 is 26.9. The number of aryl methyl sites for hydroxylation is 1. The van der Waals surface area contributed by atoms with Crippen LogP contribution in [-0.4, -0.2) is 82.3 Å². The van der Waals surface area contributed by atoms with Crippen molar-refractivity contribution in [1.29, 1.82) is 0 Å². The highest BCUT2D eigenvalue weighted by molar-refractivity contribution is 7.89. The van der Waals surface area contributed by atoms with Crippen LogP contribution >= 0.6 is 11.6 Å². The number of piperazine rings is 1. The molecule has 0 saturated carbocycles. The van der Waals surface area contributed by atoms with Crippen LogP contribution in [0.3, 0.4) is 0 Å². The minimum Gasteiger partial charge on any atom is -0.354 e. The second kappa shape index (κ2) is 12.4. The molecule has 0 atom stereocenters. The van der Waals surface area contributed by atoms with Crippen molar-refractivity contribution >= 4 is 33.3 Å². The van der Waals surface area contributed by atoms with Crippen LogP contribution < -0.4 is 4.90 Å². The van der Waals surface area contributed by atoms with E-state index in [1.807, 2.05) is 41.3 Å². The Balaban J connectivity index is 1.22. The molecule has 1 aliphatic rings. The maximum atomic E-state index is 12.8. The first-order valence-corrected chi connectivity index (χ1v) is 14.0. The molecule has 2 aromatic heterocycles. The normalized spacial score (nSPS) is 14.5. The predicted octanol–water partition coefficient (Wildman–Crippen LogP) is 2.88. The lowest BCUT2D eigenvalue weighted by Gasteiger charge is -2.34. The number of anilines is 1. The summed E-state index contributed by atoms with van der Waals surface area (Å²) in [6.45, 7) is 1.42. The van der Waals surface area contributed by atoms with E-state index >= 15 is 0 Å². The van der Waals surface area contributed by atoms with Gasteiger partial charge in [0.15, 0.2) is 0 Å². The lowest BCUT2D eigenvalue weighted by atomic mass is 10.1.